The van der Waals surface area contributed by atoms with E-state index in [2.05, 4.69) is 15.3 Å². The first-order valence-corrected chi connectivity index (χ1v) is 7.51. The van der Waals surface area contributed by atoms with Crippen LogP contribution in [0.15, 0.2) is 36.7 Å². The quantitative estimate of drug-likeness (QED) is 0.752. The highest BCUT2D eigenvalue weighted by Crippen LogP contribution is 2.40. The Hall–Kier alpha value is -2.73. The lowest BCUT2D eigenvalue weighted by Gasteiger charge is -2.15. The standard InChI is InChI=1S/C17H16ClN3O3/c1-22-14-7-11(8-15(23-2)16(14)24-3)21-17-12-5-4-10(18)6-13(12)19-9-20-17/h4-9H,1-3H3,(H,19,20,21). The third kappa shape index (κ3) is 3.00. The van der Waals surface area contributed by atoms with Gasteiger partial charge in [-0.3, -0.25) is 0 Å². The van der Waals surface area contributed by atoms with Gasteiger partial charge in [0, 0.05) is 28.2 Å². The van der Waals surface area contributed by atoms with Gasteiger partial charge in [-0.1, -0.05) is 11.6 Å². The Morgan fingerprint density at radius 1 is 0.917 bits per heavy atom. The fraction of sp³-hybridized carbons (Fsp3) is 0.176. The second-order valence-electron chi connectivity index (χ2n) is 4.92. The van der Waals surface area contributed by atoms with Crippen LogP contribution in [0.25, 0.3) is 10.9 Å². The molecule has 6 nitrogen and oxygen atoms in total. The largest absolute Gasteiger partial charge is 0.493 e. The highest BCUT2D eigenvalue weighted by atomic mass is 35.5. The first kappa shape index (κ1) is 16.1. The predicted octanol–water partition coefficient (Wildman–Crippen LogP) is 4.05. The predicted molar refractivity (Wildman–Crippen MR) is 93.9 cm³/mol. The number of methoxy groups -OCH3 is 3. The van der Waals surface area contributed by atoms with Crippen LogP contribution in [0.2, 0.25) is 5.02 Å². The molecule has 124 valence electrons. The van der Waals surface area contributed by atoms with E-state index in [9.17, 15) is 0 Å². The number of nitrogens with one attached hydrogen (secondary N) is 1. The smallest absolute Gasteiger partial charge is 0.203 e. The van der Waals surface area contributed by atoms with E-state index in [4.69, 9.17) is 25.8 Å². The lowest BCUT2D eigenvalue weighted by molar-refractivity contribution is 0.324. The van der Waals surface area contributed by atoms with E-state index >= 15 is 0 Å². The molecule has 0 radical (unpaired) electrons. The summed E-state index contributed by atoms with van der Waals surface area (Å²) in [5.41, 5.74) is 1.51. The molecular formula is C17H16ClN3O3. The molecule has 1 N–H and O–H groups in total. The summed E-state index contributed by atoms with van der Waals surface area (Å²) in [6.45, 7) is 0. The van der Waals surface area contributed by atoms with Crippen molar-refractivity contribution >= 4 is 34.0 Å². The number of nitrogens with zero attached hydrogens (tertiary/aromatic N) is 2. The van der Waals surface area contributed by atoms with Gasteiger partial charge in [-0.2, -0.15) is 0 Å². The van der Waals surface area contributed by atoms with Crippen LogP contribution < -0.4 is 19.5 Å². The first-order valence-electron chi connectivity index (χ1n) is 7.13. The number of fused-ring (bicyclic) bond motifs is 1. The van der Waals surface area contributed by atoms with Crippen LogP contribution in [0.3, 0.4) is 0 Å². The topological polar surface area (TPSA) is 65.5 Å². The molecule has 0 amide bonds. The number of aromatic nitrogens is 2. The van der Waals surface area contributed by atoms with E-state index in [-0.39, 0.29) is 0 Å². The van der Waals surface area contributed by atoms with Crippen molar-refractivity contribution in [3.8, 4) is 17.2 Å². The van der Waals surface area contributed by atoms with Crippen molar-refractivity contribution in [2.75, 3.05) is 26.6 Å². The Bertz CT molecular complexity index is 861. The van der Waals surface area contributed by atoms with E-state index in [1.807, 2.05) is 18.2 Å². The van der Waals surface area contributed by atoms with Crippen molar-refractivity contribution < 1.29 is 14.2 Å². The molecule has 0 bridgehead atoms. The number of ether oxygens (including phenoxy) is 3. The van der Waals surface area contributed by atoms with Crippen LogP contribution in [0, 0.1) is 0 Å². The summed E-state index contributed by atoms with van der Waals surface area (Å²) in [4.78, 5) is 8.54. The van der Waals surface area contributed by atoms with Gasteiger partial charge >= 0.3 is 0 Å². The van der Waals surface area contributed by atoms with Crippen molar-refractivity contribution in [1.29, 1.82) is 0 Å². The molecular weight excluding hydrogens is 330 g/mol. The van der Waals surface area contributed by atoms with Crippen LogP contribution in [0.1, 0.15) is 0 Å². The average Bonchev–Trinajstić information content (AvgIpc) is 2.60. The summed E-state index contributed by atoms with van der Waals surface area (Å²) in [5, 5.41) is 4.74. The summed E-state index contributed by atoms with van der Waals surface area (Å²) < 4.78 is 16.1. The Morgan fingerprint density at radius 2 is 1.62 bits per heavy atom. The Kier molecular flexibility index (Phi) is 4.57. The van der Waals surface area contributed by atoms with Crippen molar-refractivity contribution in [1.82, 2.24) is 9.97 Å². The number of hydrogen-bond acceptors (Lipinski definition) is 6. The minimum atomic E-state index is 0.532. The molecule has 7 heteroatoms. The molecule has 0 aliphatic heterocycles. The van der Waals surface area contributed by atoms with Crippen LogP contribution in [-0.4, -0.2) is 31.3 Å². The molecule has 0 aliphatic carbocycles. The van der Waals surface area contributed by atoms with Gasteiger partial charge in [0.05, 0.1) is 26.8 Å². The van der Waals surface area contributed by atoms with Crippen LogP contribution in [0.5, 0.6) is 17.2 Å². The fourth-order valence-corrected chi connectivity index (χ4v) is 2.59. The zero-order chi connectivity index (χ0) is 17.1. The van der Waals surface area contributed by atoms with Gasteiger partial charge < -0.3 is 19.5 Å². The highest BCUT2D eigenvalue weighted by Gasteiger charge is 2.14. The minimum absolute atomic E-state index is 0.532. The molecule has 0 fully saturated rings. The minimum Gasteiger partial charge on any atom is -0.493 e. The third-order valence-corrected chi connectivity index (χ3v) is 3.76. The fourth-order valence-electron chi connectivity index (χ4n) is 2.42. The van der Waals surface area contributed by atoms with Crippen molar-refractivity contribution in [3.05, 3.63) is 41.7 Å². The lowest BCUT2D eigenvalue weighted by atomic mass is 10.2. The van der Waals surface area contributed by atoms with E-state index < -0.39 is 0 Å². The Balaban J connectivity index is 2.05. The maximum atomic E-state index is 6.02. The summed E-state index contributed by atoms with van der Waals surface area (Å²) in [6, 6.07) is 9.08. The van der Waals surface area contributed by atoms with Gasteiger partial charge in [-0.05, 0) is 18.2 Å². The Morgan fingerprint density at radius 3 is 2.25 bits per heavy atom. The van der Waals surface area contributed by atoms with E-state index in [0.29, 0.717) is 28.1 Å². The van der Waals surface area contributed by atoms with Gasteiger partial charge in [0.25, 0.3) is 0 Å². The molecule has 3 aromatic rings. The van der Waals surface area contributed by atoms with Crippen LogP contribution in [0.4, 0.5) is 11.5 Å². The number of rotatable bonds is 5. The molecule has 2 aromatic carbocycles. The van der Waals surface area contributed by atoms with Gasteiger partial charge in [0.15, 0.2) is 11.5 Å². The van der Waals surface area contributed by atoms with Crippen LogP contribution >= 0.6 is 11.6 Å². The number of hydrogen-bond donors (Lipinski definition) is 1. The molecule has 1 heterocycles. The summed E-state index contributed by atoms with van der Waals surface area (Å²) in [5.74, 6) is 2.30. The van der Waals surface area contributed by atoms with Crippen molar-refractivity contribution in [2.45, 2.75) is 0 Å². The second-order valence-corrected chi connectivity index (χ2v) is 5.36. The summed E-state index contributed by atoms with van der Waals surface area (Å²) in [7, 11) is 4.71. The Labute approximate surface area is 144 Å². The first-order chi connectivity index (χ1) is 11.7. The summed E-state index contributed by atoms with van der Waals surface area (Å²) in [6.07, 6.45) is 1.49. The van der Waals surface area contributed by atoms with Crippen LogP contribution in [-0.2, 0) is 0 Å². The molecule has 24 heavy (non-hydrogen) atoms. The molecule has 0 saturated carbocycles. The molecule has 0 aliphatic rings. The third-order valence-electron chi connectivity index (χ3n) is 3.53. The van der Waals surface area contributed by atoms with Gasteiger partial charge in [0.1, 0.15) is 12.1 Å². The molecule has 0 atom stereocenters. The second kappa shape index (κ2) is 6.80. The molecule has 0 saturated heterocycles. The summed E-state index contributed by atoms with van der Waals surface area (Å²) >= 11 is 6.02. The van der Waals surface area contributed by atoms with Crippen molar-refractivity contribution in [3.63, 3.8) is 0 Å². The average molecular weight is 346 g/mol. The lowest BCUT2D eigenvalue weighted by Crippen LogP contribution is -1.99. The number of anilines is 2. The molecule has 1 aromatic heterocycles. The maximum absolute atomic E-state index is 6.02. The van der Waals surface area contributed by atoms with E-state index in [1.165, 1.54) is 6.33 Å². The number of halogens is 1. The molecule has 0 spiro atoms. The zero-order valence-corrected chi connectivity index (χ0v) is 14.2. The van der Waals surface area contributed by atoms with E-state index in [1.54, 1.807) is 33.5 Å². The van der Waals surface area contributed by atoms with Gasteiger partial charge in [-0.25, -0.2) is 9.97 Å². The van der Waals surface area contributed by atoms with Gasteiger partial charge in [0.2, 0.25) is 5.75 Å². The van der Waals surface area contributed by atoms with E-state index in [0.717, 1.165) is 16.6 Å². The molecule has 0 unspecified atom stereocenters. The monoisotopic (exact) mass is 345 g/mol. The maximum Gasteiger partial charge on any atom is 0.203 e. The van der Waals surface area contributed by atoms with Gasteiger partial charge in [-0.15, -0.1) is 0 Å². The molecule has 3 rings (SSSR count). The number of benzene rings is 2. The van der Waals surface area contributed by atoms with Crippen molar-refractivity contribution in [2.24, 2.45) is 0 Å². The highest BCUT2D eigenvalue weighted by molar-refractivity contribution is 6.31. The normalized spacial score (nSPS) is 10.5. The SMILES string of the molecule is COc1cc(Nc2ncnc3cc(Cl)ccc23)cc(OC)c1OC. The zero-order valence-electron chi connectivity index (χ0n) is 13.5.